The predicted molar refractivity (Wildman–Crippen MR) is 89.1 cm³/mol. The molecule has 2 aliphatic heterocycles. The number of rotatable bonds is 6. The molecule has 26 heavy (non-hydrogen) atoms. The third kappa shape index (κ3) is 4.52. The first-order chi connectivity index (χ1) is 12.7. The first-order valence-corrected chi connectivity index (χ1v) is 8.22. The molecule has 8 nitrogen and oxygen atoms in total. The number of carbonyl (C=O) groups excluding carboxylic acids is 2. The molecule has 1 aromatic rings. The number of hydrogen-bond donors (Lipinski definition) is 1. The highest BCUT2D eigenvalue weighted by Gasteiger charge is 2.18. The Morgan fingerprint density at radius 1 is 1.35 bits per heavy atom. The lowest BCUT2D eigenvalue weighted by Crippen LogP contribution is -2.34. The average molecular weight is 358 g/mol. The molecule has 1 aromatic carbocycles. The van der Waals surface area contributed by atoms with Crippen molar-refractivity contribution in [2.75, 3.05) is 26.6 Å². The Bertz CT molecular complexity index is 761. The Balaban J connectivity index is 1.51. The third-order valence-electron chi connectivity index (χ3n) is 3.93. The summed E-state index contributed by atoms with van der Waals surface area (Å²) in [6, 6.07) is 6.81. The molecule has 0 saturated carbocycles. The van der Waals surface area contributed by atoms with Crippen molar-refractivity contribution in [2.45, 2.75) is 18.9 Å². The number of esters is 1. The van der Waals surface area contributed by atoms with E-state index in [1.807, 2.05) is 0 Å². The lowest BCUT2D eigenvalue weighted by molar-refractivity contribution is -0.144. The summed E-state index contributed by atoms with van der Waals surface area (Å²) in [6.07, 6.45) is 3.26. The van der Waals surface area contributed by atoms with E-state index in [2.05, 4.69) is 5.32 Å². The van der Waals surface area contributed by atoms with Gasteiger partial charge in [0.05, 0.1) is 6.10 Å². The second-order valence-corrected chi connectivity index (χ2v) is 5.80. The molecule has 1 N–H and O–H groups in total. The maximum absolute atomic E-state index is 12.0. The molecule has 0 spiro atoms. The van der Waals surface area contributed by atoms with E-state index in [4.69, 9.17) is 18.9 Å². The van der Waals surface area contributed by atoms with Crippen LogP contribution in [0.3, 0.4) is 0 Å². The van der Waals surface area contributed by atoms with E-state index < -0.39 is 18.5 Å². The van der Waals surface area contributed by atoms with Crippen molar-refractivity contribution >= 4 is 18.0 Å². The number of benzene rings is 1. The van der Waals surface area contributed by atoms with Crippen molar-refractivity contribution in [3.05, 3.63) is 29.3 Å². The Labute approximate surface area is 150 Å². The predicted octanol–water partition coefficient (Wildman–Crippen LogP) is 1.16. The Kier molecular flexibility index (Phi) is 5.71. The van der Waals surface area contributed by atoms with Crippen molar-refractivity contribution in [1.29, 1.82) is 5.26 Å². The van der Waals surface area contributed by atoms with Gasteiger partial charge in [-0.15, -0.1) is 0 Å². The maximum atomic E-state index is 12.0. The highest BCUT2D eigenvalue weighted by atomic mass is 16.7. The lowest BCUT2D eigenvalue weighted by atomic mass is 10.1. The van der Waals surface area contributed by atoms with Crippen LogP contribution in [0.1, 0.15) is 18.4 Å². The van der Waals surface area contributed by atoms with Crippen LogP contribution in [0.15, 0.2) is 23.8 Å². The van der Waals surface area contributed by atoms with Crippen molar-refractivity contribution in [3.63, 3.8) is 0 Å². The number of ether oxygens (including phenoxy) is 4. The fraction of sp³-hybridized carbons (Fsp3) is 0.389. The van der Waals surface area contributed by atoms with E-state index in [0.717, 1.165) is 12.8 Å². The molecule has 0 aliphatic carbocycles. The quantitative estimate of drug-likeness (QED) is 0.462. The van der Waals surface area contributed by atoms with Crippen LogP contribution in [0.25, 0.3) is 6.08 Å². The molecule has 0 radical (unpaired) electrons. The lowest BCUT2D eigenvalue weighted by Gasteiger charge is -2.10. The highest BCUT2D eigenvalue weighted by Crippen LogP contribution is 2.33. The van der Waals surface area contributed by atoms with Crippen LogP contribution in [0.4, 0.5) is 0 Å². The summed E-state index contributed by atoms with van der Waals surface area (Å²) in [5.74, 6) is -0.157. The molecule has 1 atom stereocenters. The van der Waals surface area contributed by atoms with Gasteiger partial charge in [-0.05, 0) is 36.6 Å². The molecular weight excluding hydrogens is 340 g/mol. The maximum Gasteiger partial charge on any atom is 0.349 e. The van der Waals surface area contributed by atoms with Gasteiger partial charge < -0.3 is 24.3 Å². The minimum atomic E-state index is -0.863. The molecule has 0 aromatic heterocycles. The van der Waals surface area contributed by atoms with E-state index in [1.165, 1.54) is 6.08 Å². The van der Waals surface area contributed by atoms with E-state index in [-0.39, 0.29) is 18.5 Å². The SMILES string of the molecule is N#C/C(=C\c1ccc2c(c1)OCO2)C(=O)OCC(=O)NCC1CCCO1. The molecule has 3 rings (SSSR count). The van der Waals surface area contributed by atoms with Crippen molar-refractivity contribution in [2.24, 2.45) is 0 Å². The number of fused-ring (bicyclic) bond motifs is 1. The number of nitrogens with one attached hydrogen (secondary N) is 1. The fourth-order valence-electron chi connectivity index (χ4n) is 2.60. The molecule has 1 saturated heterocycles. The zero-order valence-electron chi connectivity index (χ0n) is 14.0. The number of nitriles is 1. The van der Waals surface area contributed by atoms with Crippen LogP contribution in [0.2, 0.25) is 0 Å². The summed E-state index contributed by atoms with van der Waals surface area (Å²) in [6.45, 7) is 0.766. The van der Waals surface area contributed by atoms with Gasteiger partial charge in [0.15, 0.2) is 18.1 Å². The van der Waals surface area contributed by atoms with Crippen LogP contribution in [-0.4, -0.2) is 44.5 Å². The minimum Gasteiger partial charge on any atom is -0.454 e. The minimum absolute atomic E-state index is 0.00947. The van der Waals surface area contributed by atoms with Crippen LogP contribution in [-0.2, 0) is 19.1 Å². The molecule has 1 fully saturated rings. The second-order valence-electron chi connectivity index (χ2n) is 5.80. The summed E-state index contributed by atoms with van der Waals surface area (Å²) >= 11 is 0. The van der Waals surface area contributed by atoms with Gasteiger partial charge >= 0.3 is 5.97 Å². The van der Waals surface area contributed by atoms with Crippen LogP contribution in [0, 0.1) is 11.3 Å². The van der Waals surface area contributed by atoms with Gasteiger partial charge in [0.2, 0.25) is 6.79 Å². The molecule has 1 amide bonds. The Hall–Kier alpha value is -3.05. The third-order valence-corrected chi connectivity index (χ3v) is 3.93. The summed E-state index contributed by atoms with van der Waals surface area (Å²) in [7, 11) is 0. The number of amides is 1. The summed E-state index contributed by atoms with van der Waals surface area (Å²) in [5.41, 5.74) is 0.376. The molecular formula is C18H18N2O6. The number of hydrogen-bond acceptors (Lipinski definition) is 7. The number of nitrogens with zero attached hydrogens (tertiary/aromatic N) is 1. The van der Waals surface area contributed by atoms with E-state index >= 15 is 0 Å². The summed E-state index contributed by atoms with van der Waals surface area (Å²) < 4.78 is 20.7. The average Bonchev–Trinajstić information content (AvgIpc) is 3.33. The zero-order valence-corrected chi connectivity index (χ0v) is 14.0. The standard InChI is InChI=1S/C18H18N2O6/c19-8-13(6-12-3-4-15-16(7-12)26-11-25-15)18(22)24-10-17(21)20-9-14-2-1-5-23-14/h3-4,6-7,14H,1-2,5,9-11H2,(H,20,21)/b13-6+. The molecule has 2 heterocycles. The van der Waals surface area contributed by atoms with Crippen LogP contribution >= 0.6 is 0 Å². The van der Waals surface area contributed by atoms with Crippen molar-refractivity contribution in [1.82, 2.24) is 5.32 Å². The Morgan fingerprint density at radius 3 is 2.96 bits per heavy atom. The topological polar surface area (TPSA) is 107 Å². The monoisotopic (exact) mass is 358 g/mol. The van der Waals surface area contributed by atoms with Crippen molar-refractivity contribution in [3.8, 4) is 17.6 Å². The van der Waals surface area contributed by atoms with E-state index in [0.29, 0.717) is 30.2 Å². The first kappa shape index (κ1) is 17.8. The molecule has 0 bridgehead atoms. The summed E-state index contributed by atoms with van der Waals surface area (Å²) in [4.78, 5) is 23.7. The normalized spacial score (nSPS) is 18.3. The van der Waals surface area contributed by atoms with Gasteiger partial charge in [-0.3, -0.25) is 4.79 Å². The van der Waals surface area contributed by atoms with Gasteiger partial charge in [0.25, 0.3) is 5.91 Å². The zero-order chi connectivity index (χ0) is 18.4. The van der Waals surface area contributed by atoms with E-state index in [9.17, 15) is 14.9 Å². The second kappa shape index (κ2) is 8.36. The fourth-order valence-corrected chi connectivity index (χ4v) is 2.60. The van der Waals surface area contributed by atoms with Gasteiger partial charge in [-0.2, -0.15) is 5.26 Å². The molecule has 8 heteroatoms. The van der Waals surface area contributed by atoms with Gasteiger partial charge in [-0.1, -0.05) is 6.07 Å². The highest BCUT2D eigenvalue weighted by molar-refractivity contribution is 5.98. The smallest absolute Gasteiger partial charge is 0.349 e. The molecule has 2 aliphatic rings. The van der Waals surface area contributed by atoms with Gasteiger partial charge in [0, 0.05) is 13.2 Å². The van der Waals surface area contributed by atoms with Crippen LogP contribution < -0.4 is 14.8 Å². The summed E-state index contributed by atoms with van der Waals surface area (Å²) in [5, 5.41) is 11.8. The van der Waals surface area contributed by atoms with Gasteiger partial charge in [-0.25, -0.2) is 4.79 Å². The largest absolute Gasteiger partial charge is 0.454 e. The van der Waals surface area contributed by atoms with Crippen molar-refractivity contribution < 1.29 is 28.5 Å². The van der Waals surface area contributed by atoms with E-state index in [1.54, 1.807) is 24.3 Å². The first-order valence-electron chi connectivity index (χ1n) is 8.22. The van der Waals surface area contributed by atoms with Gasteiger partial charge in [0.1, 0.15) is 11.6 Å². The Morgan fingerprint density at radius 2 is 2.19 bits per heavy atom. The van der Waals surface area contributed by atoms with Crippen LogP contribution in [0.5, 0.6) is 11.5 Å². The molecule has 136 valence electrons. The number of carbonyl (C=O) groups is 2. The molecule has 1 unspecified atom stereocenters.